The summed E-state index contributed by atoms with van der Waals surface area (Å²) in [6.45, 7) is 2.24. The first kappa shape index (κ1) is 17.9. The van der Waals surface area contributed by atoms with Gasteiger partial charge in [0.05, 0.1) is 17.9 Å². The lowest BCUT2D eigenvalue weighted by Gasteiger charge is -2.38. The number of likely N-dealkylation sites (tertiary alicyclic amines) is 1. The van der Waals surface area contributed by atoms with Crippen molar-refractivity contribution in [3.8, 4) is 0 Å². The molecule has 0 aliphatic carbocycles. The SMILES string of the molecule is Cc1cc(NC(=O)C(=O)N2CC[C@@H](N)C[C@H]2c2ccccc2)cnc1N. The van der Waals surface area contributed by atoms with Crippen molar-refractivity contribution >= 4 is 23.3 Å². The minimum atomic E-state index is -0.688. The van der Waals surface area contributed by atoms with Gasteiger partial charge in [0.2, 0.25) is 0 Å². The van der Waals surface area contributed by atoms with Crippen LogP contribution in [-0.2, 0) is 9.59 Å². The molecule has 0 saturated carbocycles. The summed E-state index contributed by atoms with van der Waals surface area (Å²) in [7, 11) is 0. The second kappa shape index (κ2) is 7.53. The standard InChI is InChI=1S/C19H23N5O2/c1-12-9-15(11-22-17(12)21)23-18(25)19(26)24-8-7-14(20)10-16(24)13-5-3-2-4-6-13/h2-6,9,11,14,16H,7-8,10,20H2,1H3,(H2,21,22)(H,23,25)/t14-,16+/m1/s1. The Balaban J connectivity index is 1.77. The van der Waals surface area contributed by atoms with Gasteiger partial charge in [-0.1, -0.05) is 30.3 Å². The topological polar surface area (TPSA) is 114 Å². The summed E-state index contributed by atoms with van der Waals surface area (Å²) < 4.78 is 0. The maximum absolute atomic E-state index is 12.8. The van der Waals surface area contributed by atoms with Crippen LogP contribution < -0.4 is 16.8 Å². The Kier molecular flexibility index (Phi) is 5.18. The number of carbonyl (C=O) groups excluding carboxylic acids is 2. The molecule has 7 nitrogen and oxygen atoms in total. The Morgan fingerprint density at radius 1 is 1.27 bits per heavy atom. The van der Waals surface area contributed by atoms with Crippen LogP contribution in [0.5, 0.6) is 0 Å². The van der Waals surface area contributed by atoms with Crippen molar-refractivity contribution in [3.63, 3.8) is 0 Å². The highest BCUT2D eigenvalue weighted by Gasteiger charge is 2.34. The number of amides is 2. The van der Waals surface area contributed by atoms with Crippen LogP contribution in [-0.4, -0.2) is 34.3 Å². The van der Waals surface area contributed by atoms with Crippen molar-refractivity contribution in [2.45, 2.75) is 31.8 Å². The Bertz CT molecular complexity index is 809. The largest absolute Gasteiger partial charge is 0.383 e. The molecular formula is C19H23N5O2. The number of benzene rings is 1. The number of rotatable bonds is 2. The van der Waals surface area contributed by atoms with E-state index in [9.17, 15) is 9.59 Å². The Morgan fingerprint density at radius 3 is 2.69 bits per heavy atom. The number of aryl methyl sites for hydroxylation is 1. The van der Waals surface area contributed by atoms with Crippen LogP contribution >= 0.6 is 0 Å². The normalized spacial score (nSPS) is 19.8. The van der Waals surface area contributed by atoms with Gasteiger partial charge in [-0.3, -0.25) is 9.59 Å². The summed E-state index contributed by atoms with van der Waals surface area (Å²) >= 11 is 0. The van der Waals surface area contributed by atoms with Crippen LogP contribution in [0.1, 0.15) is 30.0 Å². The smallest absolute Gasteiger partial charge is 0.313 e. The fourth-order valence-corrected chi connectivity index (χ4v) is 3.20. The zero-order valence-electron chi connectivity index (χ0n) is 14.7. The van der Waals surface area contributed by atoms with Crippen molar-refractivity contribution in [3.05, 3.63) is 53.7 Å². The molecule has 1 aliphatic rings. The molecule has 2 amide bonds. The van der Waals surface area contributed by atoms with Gasteiger partial charge in [-0.05, 0) is 37.0 Å². The van der Waals surface area contributed by atoms with Gasteiger partial charge in [0.1, 0.15) is 5.82 Å². The van der Waals surface area contributed by atoms with E-state index in [-0.39, 0.29) is 12.1 Å². The molecule has 1 aromatic heterocycles. The second-order valence-electron chi connectivity index (χ2n) is 6.59. The summed E-state index contributed by atoms with van der Waals surface area (Å²) in [6.07, 6.45) is 2.74. The van der Waals surface area contributed by atoms with Gasteiger partial charge in [0, 0.05) is 12.6 Å². The van der Waals surface area contributed by atoms with Crippen molar-refractivity contribution in [1.82, 2.24) is 9.88 Å². The number of anilines is 2. The molecule has 0 unspecified atom stereocenters. The fraction of sp³-hybridized carbons (Fsp3) is 0.316. The first-order chi connectivity index (χ1) is 12.5. The molecule has 0 spiro atoms. The zero-order chi connectivity index (χ0) is 18.7. The van der Waals surface area contributed by atoms with Gasteiger partial charge < -0.3 is 21.7 Å². The molecule has 26 heavy (non-hydrogen) atoms. The van der Waals surface area contributed by atoms with Gasteiger partial charge in [-0.2, -0.15) is 0 Å². The van der Waals surface area contributed by atoms with Crippen molar-refractivity contribution in [1.29, 1.82) is 0 Å². The Labute approximate surface area is 152 Å². The second-order valence-corrected chi connectivity index (χ2v) is 6.59. The zero-order valence-corrected chi connectivity index (χ0v) is 14.7. The molecule has 1 saturated heterocycles. The first-order valence-corrected chi connectivity index (χ1v) is 8.60. The summed E-state index contributed by atoms with van der Waals surface area (Å²) in [4.78, 5) is 30.8. The molecule has 0 radical (unpaired) electrons. The van der Waals surface area contributed by atoms with E-state index in [1.54, 1.807) is 17.9 Å². The number of hydrogen-bond donors (Lipinski definition) is 3. The number of carbonyl (C=O) groups is 2. The van der Waals surface area contributed by atoms with E-state index < -0.39 is 11.8 Å². The van der Waals surface area contributed by atoms with Crippen molar-refractivity contribution in [2.75, 3.05) is 17.6 Å². The minimum absolute atomic E-state index is 0.0104. The number of nitrogen functional groups attached to an aromatic ring is 1. The van der Waals surface area contributed by atoms with Crippen LogP contribution in [0, 0.1) is 6.92 Å². The van der Waals surface area contributed by atoms with E-state index in [4.69, 9.17) is 11.5 Å². The molecule has 1 aliphatic heterocycles. The third-order valence-corrected chi connectivity index (χ3v) is 4.66. The van der Waals surface area contributed by atoms with Gasteiger partial charge in [0.15, 0.2) is 0 Å². The average Bonchev–Trinajstić information content (AvgIpc) is 2.65. The monoisotopic (exact) mass is 353 g/mol. The summed E-state index contributed by atoms with van der Waals surface area (Å²) in [5.41, 5.74) is 13.9. The van der Waals surface area contributed by atoms with Crippen LogP contribution in [0.15, 0.2) is 42.6 Å². The minimum Gasteiger partial charge on any atom is -0.383 e. The van der Waals surface area contributed by atoms with E-state index >= 15 is 0 Å². The number of nitrogens with zero attached hydrogens (tertiary/aromatic N) is 2. The molecule has 2 atom stereocenters. The van der Waals surface area contributed by atoms with Gasteiger partial charge in [0.25, 0.3) is 0 Å². The molecule has 3 rings (SSSR count). The number of nitrogens with two attached hydrogens (primary N) is 2. The number of piperidine rings is 1. The van der Waals surface area contributed by atoms with E-state index in [1.807, 2.05) is 30.3 Å². The van der Waals surface area contributed by atoms with Gasteiger partial charge in [-0.25, -0.2) is 4.98 Å². The van der Waals surface area contributed by atoms with E-state index in [0.29, 0.717) is 30.9 Å². The number of pyridine rings is 1. The van der Waals surface area contributed by atoms with Crippen LogP contribution in [0.2, 0.25) is 0 Å². The number of aromatic nitrogens is 1. The predicted molar refractivity (Wildman–Crippen MR) is 100 cm³/mol. The lowest BCUT2D eigenvalue weighted by atomic mass is 9.92. The third-order valence-electron chi connectivity index (χ3n) is 4.66. The van der Waals surface area contributed by atoms with E-state index in [2.05, 4.69) is 10.3 Å². The summed E-state index contributed by atoms with van der Waals surface area (Å²) in [5.74, 6) is -0.865. The molecule has 2 heterocycles. The molecule has 7 heteroatoms. The predicted octanol–water partition coefficient (Wildman–Crippen LogP) is 1.60. The Morgan fingerprint density at radius 2 is 2.00 bits per heavy atom. The Hall–Kier alpha value is -2.93. The number of nitrogens with one attached hydrogen (secondary N) is 1. The van der Waals surface area contributed by atoms with E-state index in [0.717, 1.165) is 11.1 Å². The van der Waals surface area contributed by atoms with Crippen LogP contribution in [0.3, 0.4) is 0 Å². The molecular weight excluding hydrogens is 330 g/mol. The maximum Gasteiger partial charge on any atom is 0.313 e. The van der Waals surface area contributed by atoms with E-state index in [1.165, 1.54) is 6.20 Å². The van der Waals surface area contributed by atoms with Crippen molar-refractivity contribution < 1.29 is 9.59 Å². The average molecular weight is 353 g/mol. The highest BCUT2D eigenvalue weighted by Crippen LogP contribution is 2.30. The molecule has 136 valence electrons. The lowest BCUT2D eigenvalue weighted by molar-refractivity contribution is -0.146. The molecule has 5 N–H and O–H groups in total. The molecule has 1 aromatic carbocycles. The van der Waals surface area contributed by atoms with Gasteiger partial charge >= 0.3 is 11.8 Å². The molecule has 1 fully saturated rings. The quantitative estimate of drug-likeness (QED) is 0.710. The summed E-state index contributed by atoms with van der Waals surface area (Å²) in [5, 5.41) is 2.61. The fourth-order valence-electron chi connectivity index (χ4n) is 3.20. The third kappa shape index (κ3) is 3.83. The van der Waals surface area contributed by atoms with Crippen LogP contribution in [0.4, 0.5) is 11.5 Å². The lowest BCUT2D eigenvalue weighted by Crippen LogP contribution is -2.48. The van der Waals surface area contributed by atoms with Crippen molar-refractivity contribution in [2.24, 2.45) is 5.73 Å². The molecule has 2 aromatic rings. The first-order valence-electron chi connectivity index (χ1n) is 8.60. The number of hydrogen-bond acceptors (Lipinski definition) is 5. The molecule has 0 bridgehead atoms. The summed E-state index contributed by atoms with van der Waals surface area (Å²) in [6, 6.07) is 11.2. The maximum atomic E-state index is 12.8. The van der Waals surface area contributed by atoms with Crippen LogP contribution in [0.25, 0.3) is 0 Å². The highest BCUT2D eigenvalue weighted by molar-refractivity contribution is 6.39. The van der Waals surface area contributed by atoms with Gasteiger partial charge in [-0.15, -0.1) is 0 Å². The highest BCUT2D eigenvalue weighted by atomic mass is 16.2.